The predicted molar refractivity (Wildman–Crippen MR) is 111 cm³/mol. The molecule has 0 amide bonds. The third kappa shape index (κ3) is 3.28. The van der Waals surface area contributed by atoms with Gasteiger partial charge in [0.2, 0.25) is 0 Å². The first-order chi connectivity index (χ1) is 12.1. The van der Waals surface area contributed by atoms with Gasteiger partial charge in [-0.3, -0.25) is 9.58 Å². The van der Waals surface area contributed by atoms with Gasteiger partial charge in [-0.05, 0) is 39.0 Å². The lowest BCUT2D eigenvalue weighted by atomic mass is 9.78. The number of hydrazone groups is 1. The van der Waals surface area contributed by atoms with Crippen molar-refractivity contribution >= 4 is 35.2 Å². The molecule has 6 heteroatoms. The second-order valence-corrected chi connectivity index (χ2v) is 6.34. The number of fused-ring (bicyclic) bond motifs is 4. The number of hydrogen-bond donors (Lipinski definition) is 1. The number of aromatic nitrogens is 3. The van der Waals surface area contributed by atoms with Crippen LogP contribution in [0.3, 0.4) is 0 Å². The fraction of sp³-hybridized carbons (Fsp3) is 0.632. The van der Waals surface area contributed by atoms with Crippen LogP contribution in [0.4, 0.5) is 5.82 Å². The SMILES string of the molecule is CC.CC1=NN(C)c2cc3cnc(C)nc3n2C12CCCCC2.CS. The van der Waals surface area contributed by atoms with E-state index in [4.69, 9.17) is 10.1 Å². The molecule has 0 aromatic carbocycles. The van der Waals surface area contributed by atoms with Gasteiger partial charge in [0.05, 0.1) is 11.3 Å². The highest BCUT2D eigenvalue weighted by Crippen LogP contribution is 2.44. The molecule has 2 aromatic rings. The number of anilines is 1. The minimum Gasteiger partial charge on any atom is -0.299 e. The van der Waals surface area contributed by atoms with Gasteiger partial charge in [0.25, 0.3) is 0 Å². The Balaban J connectivity index is 0.000000528. The van der Waals surface area contributed by atoms with Gasteiger partial charge in [-0.25, -0.2) is 9.97 Å². The predicted octanol–water partition coefficient (Wildman–Crippen LogP) is 4.80. The molecule has 1 aliphatic carbocycles. The zero-order valence-corrected chi connectivity index (χ0v) is 17.3. The van der Waals surface area contributed by atoms with Gasteiger partial charge in [0.1, 0.15) is 17.3 Å². The lowest BCUT2D eigenvalue weighted by Gasteiger charge is -2.44. The maximum atomic E-state index is 4.80. The Kier molecular flexibility index (Phi) is 6.49. The summed E-state index contributed by atoms with van der Waals surface area (Å²) in [6.07, 6.45) is 9.81. The highest BCUT2D eigenvalue weighted by molar-refractivity contribution is 7.79. The summed E-state index contributed by atoms with van der Waals surface area (Å²) in [5.41, 5.74) is 2.29. The molecule has 2 aliphatic rings. The summed E-state index contributed by atoms with van der Waals surface area (Å²) in [6, 6.07) is 2.17. The zero-order valence-electron chi connectivity index (χ0n) is 16.4. The van der Waals surface area contributed by atoms with Gasteiger partial charge in [-0.1, -0.05) is 33.1 Å². The number of nitrogens with zero attached hydrogens (tertiary/aromatic N) is 5. The van der Waals surface area contributed by atoms with Crippen molar-refractivity contribution in [1.29, 1.82) is 0 Å². The quantitative estimate of drug-likeness (QED) is 0.686. The van der Waals surface area contributed by atoms with Gasteiger partial charge in [0.15, 0.2) is 0 Å². The summed E-state index contributed by atoms with van der Waals surface area (Å²) < 4.78 is 2.43. The fourth-order valence-corrected chi connectivity index (χ4v) is 3.97. The van der Waals surface area contributed by atoms with Crippen LogP contribution >= 0.6 is 12.6 Å². The molecule has 138 valence electrons. The standard InChI is InChI=1S/C16H21N5.C2H6.CH4S/c1-11-16(7-5-4-6-8-16)21-14(20(3)19-11)9-13-10-17-12(2)18-15(13)21;2*1-2/h9-10H,4-8H2,1-3H3;1-2H3;2H,1H3. The maximum Gasteiger partial charge on any atom is 0.146 e. The highest BCUT2D eigenvalue weighted by atomic mass is 32.1. The van der Waals surface area contributed by atoms with E-state index in [0.29, 0.717) is 0 Å². The molecule has 1 fully saturated rings. The van der Waals surface area contributed by atoms with Crippen molar-refractivity contribution in [3.8, 4) is 0 Å². The first-order valence-corrected chi connectivity index (χ1v) is 10.1. The molecular formula is C19H31N5S. The van der Waals surface area contributed by atoms with Gasteiger partial charge in [-0.2, -0.15) is 17.7 Å². The van der Waals surface area contributed by atoms with Crippen molar-refractivity contribution in [3.05, 3.63) is 18.1 Å². The average molecular weight is 362 g/mol. The van der Waals surface area contributed by atoms with Crippen LogP contribution in [0.5, 0.6) is 0 Å². The van der Waals surface area contributed by atoms with Crippen molar-refractivity contribution in [2.45, 2.75) is 65.3 Å². The van der Waals surface area contributed by atoms with Crippen LogP contribution in [0.1, 0.15) is 58.7 Å². The molecule has 0 radical (unpaired) electrons. The summed E-state index contributed by atoms with van der Waals surface area (Å²) in [4.78, 5) is 9.09. The van der Waals surface area contributed by atoms with Gasteiger partial charge in [0, 0.05) is 18.6 Å². The molecule has 1 spiro atoms. The second-order valence-electron chi connectivity index (χ2n) is 6.34. The second kappa shape index (κ2) is 8.21. The van der Waals surface area contributed by atoms with E-state index in [1.165, 1.54) is 25.0 Å². The summed E-state index contributed by atoms with van der Waals surface area (Å²) in [7, 11) is 2.02. The number of hydrogen-bond acceptors (Lipinski definition) is 5. The molecule has 0 unspecified atom stereocenters. The number of aryl methyl sites for hydroxylation is 1. The van der Waals surface area contributed by atoms with E-state index in [9.17, 15) is 0 Å². The topological polar surface area (TPSA) is 46.3 Å². The first kappa shape index (κ1) is 19.8. The Morgan fingerprint density at radius 1 is 1.08 bits per heavy atom. The van der Waals surface area contributed by atoms with E-state index >= 15 is 0 Å². The molecule has 3 heterocycles. The van der Waals surface area contributed by atoms with Crippen LogP contribution in [-0.4, -0.2) is 33.6 Å². The molecule has 25 heavy (non-hydrogen) atoms. The Morgan fingerprint density at radius 2 is 1.72 bits per heavy atom. The minimum atomic E-state index is 0.0165. The minimum absolute atomic E-state index is 0.0165. The van der Waals surface area contributed by atoms with E-state index in [2.05, 4.69) is 35.2 Å². The largest absolute Gasteiger partial charge is 0.299 e. The number of rotatable bonds is 0. The molecule has 0 atom stereocenters. The van der Waals surface area contributed by atoms with Crippen LogP contribution in [0.15, 0.2) is 17.4 Å². The van der Waals surface area contributed by atoms with E-state index in [1.807, 2.05) is 39.0 Å². The summed E-state index contributed by atoms with van der Waals surface area (Å²) >= 11 is 3.53. The lowest BCUT2D eigenvalue weighted by Crippen LogP contribution is -2.47. The van der Waals surface area contributed by atoms with Crippen LogP contribution in [0.25, 0.3) is 11.0 Å². The smallest absolute Gasteiger partial charge is 0.146 e. The molecule has 5 nitrogen and oxygen atoms in total. The van der Waals surface area contributed by atoms with Crippen molar-refractivity contribution in [2.24, 2.45) is 5.10 Å². The first-order valence-electron chi connectivity index (χ1n) is 9.21. The third-order valence-electron chi connectivity index (χ3n) is 5.06. The molecule has 2 aromatic heterocycles. The summed E-state index contributed by atoms with van der Waals surface area (Å²) in [5.74, 6) is 1.97. The molecular weight excluding hydrogens is 330 g/mol. The molecule has 0 N–H and O–H groups in total. The van der Waals surface area contributed by atoms with E-state index in [0.717, 1.165) is 35.5 Å². The molecule has 4 rings (SSSR count). The fourth-order valence-electron chi connectivity index (χ4n) is 3.97. The monoisotopic (exact) mass is 361 g/mol. The Bertz CT molecular complexity index is 744. The van der Waals surface area contributed by atoms with E-state index in [-0.39, 0.29) is 5.54 Å². The van der Waals surface area contributed by atoms with Crippen LogP contribution in [0, 0.1) is 6.92 Å². The van der Waals surface area contributed by atoms with Crippen molar-refractivity contribution in [3.63, 3.8) is 0 Å². The summed E-state index contributed by atoms with van der Waals surface area (Å²) in [5, 5.41) is 7.89. The number of thiol groups is 1. The molecule has 0 saturated heterocycles. The van der Waals surface area contributed by atoms with Crippen molar-refractivity contribution in [2.75, 3.05) is 18.3 Å². The van der Waals surface area contributed by atoms with E-state index < -0.39 is 0 Å². The third-order valence-corrected chi connectivity index (χ3v) is 5.06. The lowest BCUT2D eigenvalue weighted by molar-refractivity contribution is 0.282. The Hall–Kier alpha value is -1.56. The van der Waals surface area contributed by atoms with Crippen molar-refractivity contribution in [1.82, 2.24) is 14.5 Å². The van der Waals surface area contributed by atoms with Gasteiger partial charge >= 0.3 is 0 Å². The van der Waals surface area contributed by atoms with Crippen LogP contribution in [0.2, 0.25) is 0 Å². The van der Waals surface area contributed by atoms with Crippen molar-refractivity contribution < 1.29 is 0 Å². The normalized spacial score (nSPS) is 17.9. The Labute approximate surface area is 156 Å². The van der Waals surface area contributed by atoms with E-state index in [1.54, 1.807) is 6.26 Å². The van der Waals surface area contributed by atoms with Gasteiger partial charge in [-0.15, -0.1) is 0 Å². The molecule has 1 aliphatic heterocycles. The molecule has 1 saturated carbocycles. The summed E-state index contributed by atoms with van der Waals surface area (Å²) in [6.45, 7) is 8.13. The van der Waals surface area contributed by atoms with Crippen LogP contribution < -0.4 is 5.01 Å². The van der Waals surface area contributed by atoms with Gasteiger partial charge < -0.3 is 0 Å². The highest BCUT2D eigenvalue weighted by Gasteiger charge is 2.42. The van der Waals surface area contributed by atoms with Crippen LogP contribution in [-0.2, 0) is 5.54 Å². The molecule has 0 bridgehead atoms. The maximum absolute atomic E-state index is 4.80. The Morgan fingerprint density at radius 3 is 2.36 bits per heavy atom. The zero-order chi connectivity index (χ0) is 18.6. The average Bonchev–Trinajstić information content (AvgIpc) is 3.04.